The first-order valence-electron chi connectivity index (χ1n) is 6.47. The number of hydrogen-bond acceptors (Lipinski definition) is 2. The van der Waals surface area contributed by atoms with Crippen LogP contribution in [0.25, 0.3) is 0 Å². The third-order valence-corrected chi connectivity index (χ3v) is 4.10. The van der Waals surface area contributed by atoms with Crippen LogP contribution in [0.3, 0.4) is 0 Å². The molecule has 2 aromatic rings. The molecule has 0 aliphatic carbocycles. The quantitative estimate of drug-likeness (QED) is 0.861. The van der Waals surface area contributed by atoms with Crippen molar-refractivity contribution in [1.29, 1.82) is 0 Å². The van der Waals surface area contributed by atoms with Gasteiger partial charge in [0.2, 0.25) is 0 Å². The van der Waals surface area contributed by atoms with Crippen LogP contribution in [0.1, 0.15) is 23.4 Å². The molecule has 0 radical (unpaired) electrons. The molecule has 1 unspecified atom stereocenters. The highest BCUT2D eigenvalue weighted by molar-refractivity contribution is 7.09. The number of carbonyl (C=O) groups excluding carboxylic acids is 1. The van der Waals surface area contributed by atoms with Crippen LogP contribution in [0, 0.1) is 0 Å². The molecule has 0 bridgehead atoms. The molecule has 0 aliphatic heterocycles. The van der Waals surface area contributed by atoms with Crippen LogP contribution in [-0.2, 0) is 6.42 Å². The molecule has 0 fully saturated rings. The van der Waals surface area contributed by atoms with Gasteiger partial charge in [0, 0.05) is 16.4 Å². The van der Waals surface area contributed by atoms with E-state index in [4.69, 9.17) is 11.6 Å². The third kappa shape index (κ3) is 4.54. The maximum absolute atomic E-state index is 11.8. The van der Waals surface area contributed by atoms with Crippen LogP contribution in [0.15, 0.2) is 41.8 Å². The lowest BCUT2D eigenvalue weighted by Crippen LogP contribution is -2.37. The van der Waals surface area contributed by atoms with Crippen LogP contribution in [-0.4, -0.2) is 12.6 Å². The Kier molecular flexibility index (Phi) is 5.44. The molecule has 0 saturated carbocycles. The van der Waals surface area contributed by atoms with E-state index < -0.39 is 0 Å². The number of rotatable bonds is 5. The van der Waals surface area contributed by atoms with Gasteiger partial charge in [-0.1, -0.05) is 29.8 Å². The van der Waals surface area contributed by atoms with E-state index in [1.165, 1.54) is 4.88 Å². The lowest BCUT2D eigenvalue weighted by molar-refractivity contribution is 0.238. The van der Waals surface area contributed by atoms with E-state index >= 15 is 0 Å². The zero-order valence-electron chi connectivity index (χ0n) is 11.2. The van der Waals surface area contributed by atoms with E-state index in [1.807, 2.05) is 42.6 Å². The Balaban J connectivity index is 1.76. The molecular weight excluding hydrogens is 292 g/mol. The van der Waals surface area contributed by atoms with E-state index in [-0.39, 0.29) is 12.1 Å². The Labute approximate surface area is 128 Å². The van der Waals surface area contributed by atoms with E-state index in [0.717, 1.165) is 12.0 Å². The number of thiophene rings is 1. The third-order valence-electron chi connectivity index (χ3n) is 2.93. The van der Waals surface area contributed by atoms with Crippen LogP contribution >= 0.6 is 22.9 Å². The lowest BCUT2D eigenvalue weighted by atomic mass is 10.1. The predicted molar refractivity (Wildman–Crippen MR) is 84.4 cm³/mol. The normalized spacial score (nSPS) is 11.9. The van der Waals surface area contributed by atoms with Crippen LogP contribution in [0.2, 0.25) is 5.02 Å². The lowest BCUT2D eigenvalue weighted by Gasteiger charge is -2.15. The largest absolute Gasteiger partial charge is 0.338 e. The fourth-order valence-corrected chi connectivity index (χ4v) is 2.77. The molecule has 3 nitrogen and oxygen atoms in total. The summed E-state index contributed by atoms with van der Waals surface area (Å²) < 4.78 is 0. The number of urea groups is 1. The fourth-order valence-electron chi connectivity index (χ4n) is 1.86. The second kappa shape index (κ2) is 7.31. The van der Waals surface area contributed by atoms with Crippen molar-refractivity contribution in [3.8, 4) is 0 Å². The molecule has 106 valence electrons. The van der Waals surface area contributed by atoms with E-state index in [9.17, 15) is 4.79 Å². The van der Waals surface area contributed by atoms with E-state index in [0.29, 0.717) is 11.6 Å². The molecule has 2 amide bonds. The molecule has 20 heavy (non-hydrogen) atoms. The van der Waals surface area contributed by atoms with Crippen LogP contribution in [0.4, 0.5) is 4.79 Å². The van der Waals surface area contributed by atoms with Crippen LogP contribution < -0.4 is 10.6 Å². The van der Waals surface area contributed by atoms with Gasteiger partial charge in [-0.2, -0.15) is 0 Å². The van der Waals surface area contributed by atoms with Gasteiger partial charge in [0.25, 0.3) is 0 Å². The molecule has 1 atom stereocenters. The Hall–Kier alpha value is -1.52. The van der Waals surface area contributed by atoms with Crippen molar-refractivity contribution in [3.05, 3.63) is 57.2 Å². The van der Waals surface area contributed by atoms with Crippen molar-refractivity contribution in [2.24, 2.45) is 0 Å². The summed E-state index contributed by atoms with van der Waals surface area (Å²) in [6.07, 6.45) is 0.858. The molecule has 0 aliphatic rings. The summed E-state index contributed by atoms with van der Waals surface area (Å²) in [7, 11) is 0. The van der Waals surface area contributed by atoms with Gasteiger partial charge in [-0.3, -0.25) is 0 Å². The second-order valence-corrected chi connectivity index (χ2v) is 5.97. The molecule has 2 rings (SSSR count). The number of carbonyl (C=O) groups is 1. The number of amides is 2. The Morgan fingerprint density at radius 3 is 2.90 bits per heavy atom. The van der Waals surface area contributed by atoms with Crippen molar-refractivity contribution in [2.45, 2.75) is 19.4 Å². The summed E-state index contributed by atoms with van der Waals surface area (Å²) in [5.41, 5.74) is 0.992. The van der Waals surface area contributed by atoms with Gasteiger partial charge in [0.1, 0.15) is 0 Å². The van der Waals surface area contributed by atoms with E-state index in [2.05, 4.69) is 16.7 Å². The van der Waals surface area contributed by atoms with Gasteiger partial charge in [0.15, 0.2) is 0 Å². The van der Waals surface area contributed by atoms with Crippen molar-refractivity contribution in [2.75, 3.05) is 6.54 Å². The minimum Gasteiger partial charge on any atom is -0.338 e. The van der Waals surface area contributed by atoms with Gasteiger partial charge >= 0.3 is 6.03 Å². The zero-order chi connectivity index (χ0) is 14.4. The predicted octanol–water partition coefficient (Wildman–Crippen LogP) is 4.00. The highest BCUT2D eigenvalue weighted by Gasteiger charge is 2.09. The molecule has 0 spiro atoms. The summed E-state index contributed by atoms with van der Waals surface area (Å²) in [5.74, 6) is 0. The fraction of sp³-hybridized carbons (Fsp3) is 0.267. The summed E-state index contributed by atoms with van der Waals surface area (Å²) >= 11 is 7.64. The summed E-state index contributed by atoms with van der Waals surface area (Å²) in [4.78, 5) is 13.1. The second-order valence-electron chi connectivity index (χ2n) is 4.51. The van der Waals surface area contributed by atoms with Gasteiger partial charge in [-0.25, -0.2) is 4.79 Å². The zero-order valence-corrected chi connectivity index (χ0v) is 12.8. The molecule has 1 aromatic carbocycles. The topological polar surface area (TPSA) is 41.1 Å². The minimum atomic E-state index is -0.158. The first-order valence-corrected chi connectivity index (χ1v) is 7.73. The standard InChI is InChI=1S/C15H17ClN2OS/c1-11(12-4-2-5-13(16)10-12)18-15(19)17-8-7-14-6-3-9-20-14/h2-6,9-11H,7-8H2,1H3,(H2,17,18,19). The monoisotopic (exact) mass is 308 g/mol. The molecule has 1 aromatic heterocycles. The highest BCUT2D eigenvalue weighted by Crippen LogP contribution is 2.17. The summed E-state index contributed by atoms with van der Waals surface area (Å²) in [6.45, 7) is 2.57. The Morgan fingerprint density at radius 1 is 1.35 bits per heavy atom. The van der Waals surface area contributed by atoms with Gasteiger partial charge in [-0.05, 0) is 42.5 Å². The molecular formula is C15H17ClN2OS. The van der Waals surface area contributed by atoms with Crippen molar-refractivity contribution < 1.29 is 4.79 Å². The van der Waals surface area contributed by atoms with Crippen molar-refractivity contribution >= 4 is 29.0 Å². The summed E-state index contributed by atoms with van der Waals surface area (Å²) in [5, 5.41) is 8.47. The molecule has 2 N–H and O–H groups in total. The highest BCUT2D eigenvalue weighted by atomic mass is 35.5. The van der Waals surface area contributed by atoms with Gasteiger partial charge in [-0.15, -0.1) is 11.3 Å². The average molecular weight is 309 g/mol. The SMILES string of the molecule is CC(NC(=O)NCCc1cccs1)c1cccc(Cl)c1. The first-order chi connectivity index (χ1) is 9.65. The van der Waals surface area contributed by atoms with Gasteiger partial charge < -0.3 is 10.6 Å². The van der Waals surface area contributed by atoms with E-state index in [1.54, 1.807) is 11.3 Å². The number of halogens is 1. The van der Waals surface area contributed by atoms with Gasteiger partial charge in [0.05, 0.1) is 6.04 Å². The Bertz CT molecular complexity index is 557. The van der Waals surface area contributed by atoms with Crippen molar-refractivity contribution in [3.63, 3.8) is 0 Å². The van der Waals surface area contributed by atoms with Crippen molar-refractivity contribution in [1.82, 2.24) is 10.6 Å². The molecule has 0 saturated heterocycles. The maximum Gasteiger partial charge on any atom is 0.315 e. The molecule has 5 heteroatoms. The number of nitrogens with one attached hydrogen (secondary N) is 2. The Morgan fingerprint density at radius 2 is 2.20 bits per heavy atom. The first kappa shape index (κ1) is 14.9. The number of benzene rings is 1. The molecule has 1 heterocycles. The van der Waals surface area contributed by atoms with Crippen LogP contribution in [0.5, 0.6) is 0 Å². The smallest absolute Gasteiger partial charge is 0.315 e. The summed E-state index contributed by atoms with van der Waals surface area (Å²) in [6, 6.07) is 11.4. The number of hydrogen-bond donors (Lipinski definition) is 2. The minimum absolute atomic E-state index is 0.0737. The average Bonchev–Trinajstić information content (AvgIpc) is 2.92. The maximum atomic E-state index is 11.8.